The number of carbonyl (C=O) groups excluding carboxylic acids is 1. The third kappa shape index (κ3) is 8.14. The number of hydrogen-bond donors (Lipinski definition) is 3. The highest BCUT2D eigenvalue weighted by Gasteiger charge is 2.33. The summed E-state index contributed by atoms with van der Waals surface area (Å²) < 4.78 is 45.4. The van der Waals surface area contributed by atoms with E-state index in [1.54, 1.807) is 65.2 Å². The standard InChI is InChI=1S/C29H22F3IN4O2/c30-29(31,32)24-16-21(10-11-25(24)33)37-27(38)12-9-19-7-4-8-22(15-19)39-23-13-14-35-26(17-23)28(34)36-18-20-5-2-1-3-6-20/h1-17H,18H2,(H2,34,36)(H,37,38)/b12-9+. The van der Waals surface area contributed by atoms with E-state index in [1.807, 2.05) is 30.3 Å². The maximum Gasteiger partial charge on any atom is 0.417 e. The second-order valence-corrected chi connectivity index (χ2v) is 9.44. The molecule has 0 aliphatic rings. The largest absolute Gasteiger partial charge is 0.457 e. The number of benzene rings is 3. The number of rotatable bonds is 8. The predicted molar refractivity (Wildman–Crippen MR) is 153 cm³/mol. The summed E-state index contributed by atoms with van der Waals surface area (Å²) in [5, 5.41) is 13.8. The maximum absolute atomic E-state index is 13.1. The molecule has 198 valence electrons. The SMILES string of the molecule is N=C(NCc1ccccc1)c1cc(Oc2cccc(/C=C/C(=O)Nc3ccc(I)c(C(F)(F)F)c3)c2)ccn1. The van der Waals surface area contributed by atoms with Crippen LogP contribution in [0.3, 0.4) is 0 Å². The number of halogens is 4. The van der Waals surface area contributed by atoms with Crippen molar-refractivity contribution in [3.63, 3.8) is 0 Å². The van der Waals surface area contributed by atoms with Crippen LogP contribution in [0.15, 0.2) is 97.2 Å². The van der Waals surface area contributed by atoms with Crippen molar-refractivity contribution in [2.45, 2.75) is 12.7 Å². The van der Waals surface area contributed by atoms with Gasteiger partial charge in [0.05, 0.1) is 5.56 Å². The van der Waals surface area contributed by atoms with Crippen LogP contribution in [0, 0.1) is 8.98 Å². The minimum Gasteiger partial charge on any atom is -0.457 e. The average molecular weight is 642 g/mol. The molecule has 3 aromatic carbocycles. The highest BCUT2D eigenvalue weighted by Crippen LogP contribution is 2.34. The van der Waals surface area contributed by atoms with Crippen LogP contribution >= 0.6 is 22.6 Å². The first-order chi connectivity index (χ1) is 18.7. The summed E-state index contributed by atoms with van der Waals surface area (Å²) in [4.78, 5) is 16.5. The summed E-state index contributed by atoms with van der Waals surface area (Å²) in [5.41, 5.74) is 1.34. The third-order valence-electron chi connectivity index (χ3n) is 5.36. The molecule has 0 saturated heterocycles. The van der Waals surface area contributed by atoms with E-state index in [0.29, 0.717) is 29.3 Å². The molecule has 3 N–H and O–H groups in total. The molecular weight excluding hydrogens is 620 g/mol. The minimum absolute atomic E-state index is 0.0480. The lowest BCUT2D eigenvalue weighted by Crippen LogP contribution is -2.23. The molecule has 0 bridgehead atoms. The van der Waals surface area contributed by atoms with Gasteiger partial charge in [0.1, 0.15) is 23.0 Å². The van der Waals surface area contributed by atoms with Crippen molar-refractivity contribution in [2.24, 2.45) is 0 Å². The summed E-state index contributed by atoms with van der Waals surface area (Å²) in [6, 6.07) is 23.6. The molecule has 0 saturated carbocycles. The zero-order valence-electron chi connectivity index (χ0n) is 20.3. The molecule has 4 aromatic rings. The fourth-order valence-corrected chi connectivity index (χ4v) is 4.12. The Balaban J connectivity index is 1.37. The number of pyridine rings is 1. The number of amides is 1. The van der Waals surface area contributed by atoms with Crippen molar-refractivity contribution in [3.8, 4) is 11.5 Å². The summed E-state index contributed by atoms with van der Waals surface area (Å²) in [6.45, 7) is 0.488. The van der Waals surface area contributed by atoms with Crippen LogP contribution in [0.1, 0.15) is 22.4 Å². The Kier molecular flexibility index (Phi) is 8.97. The van der Waals surface area contributed by atoms with E-state index in [9.17, 15) is 18.0 Å². The van der Waals surface area contributed by atoms with E-state index >= 15 is 0 Å². The van der Waals surface area contributed by atoms with Crippen molar-refractivity contribution in [2.75, 3.05) is 5.32 Å². The number of hydrogen-bond acceptors (Lipinski definition) is 4. The monoisotopic (exact) mass is 642 g/mol. The van der Waals surface area contributed by atoms with E-state index in [4.69, 9.17) is 10.1 Å². The molecule has 0 unspecified atom stereocenters. The highest BCUT2D eigenvalue weighted by atomic mass is 127. The molecule has 39 heavy (non-hydrogen) atoms. The van der Waals surface area contributed by atoms with Crippen molar-refractivity contribution >= 4 is 46.1 Å². The van der Waals surface area contributed by atoms with Gasteiger partial charge >= 0.3 is 6.18 Å². The lowest BCUT2D eigenvalue weighted by atomic mass is 10.2. The fraction of sp³-hybridized carbons (Fsp3) is 0.0690. The number of carbonyl (C=O) groups is 1. The predicted octanol–water partition coefficient (Wildman–Crippen LogP) is 7.26. The lowest BCUT2D eigenvalue weighted by Gasteiger charge is -2.11. The molecular formula is C29H22F3IN4O2. The first kappa shape index (κ1) is 27.8. The summed E-state index contributed by atoms with van der Waals surface area (Å²) >= 11 is 1.61. The van der Waals surface area contributed by atoms with Gasteiger partial charge in [-0.15, -0.1) is 0 Å². The number of alkyl halides is 3. The van der Waals surface area contributed by atoms with Crippen LogP contribution in [-0.4, -0.2) is 16.7 Å². The van der Waals surface area contributed by atoms with Gasteiger partial charge in [-0.1, -0.05) is 42.5 Å². The molecule has 6 nitrogen and oxygen atoms in total. The Morgan fingerprint density at radius 1 is 0.974 bits per heavy atom. The number of anilines is 1. The Hall–Kier alpha value is -4.19. The highest BCUT2D eigenvalue weighted by molar-refractivity contribution is 14.1. The van der Waals surface area contributed by atoms with Crippen LogP contribution in [-0.2, 0) is 17.5 Å². The zero-order valence-corrected chi connectivity index (χ0v) is 22.5. The molecule has 1 heterocycles. The van der Waals surface area contributed by atoms with Crippen LogP contribution in [0.5, 0.6) is 11.5 Å². The Morgan fingerprint density at radius 3 is 2.51 bits per heavy atom. The van der Waals surface area contributed by atoms with Gasteiger partial charge in [-0.2, -0.15) is 13.2 Å². The molecule has 1 amide bonds. The maximum atomic E-state index is 13.1. The normalized spacial score (nSPS) is 11.3. The fourth-order valence-electron chi connectivity index (χ4n) is 3.48. The molecule has 10 heteroatoms. The van der Waals surface area contributed by atoms with E-state index in [-0.39, 0.29) is 15.1 Å². The average Bonchev–Trinajstić information content (AvgIpc) is 2.92. The van der Waals surface area contributed by atoms with Gasteiger partial charge in [0, 0.05) is 34.1 Å². The Bertz CT molecular complexity index is 1510. The van der Waals surface area contributed by atoms with Crippen molar-refractivity contribution < 1.29 is 22.7 Å². The first-order valence-corrected chi connectivity index (χ1v) is 12.7. The Labute approximate surface area is 236 Å². The third-order valence-corrected chi connectivity index (χ3v) is 6.30. The molecule has 0 atom stereocenters. The lowest BCUT2D eigenvalue weighted by molar-refractivity contribution is -0.138. The number of amidine groups is 1. The molecule has 0 radical (unpaired) electrons. The van der Waals surface area contributed by atoms with Gasteiger partial charge in [0.25, 0.3) is 0 Å². The van der Waals surface area contributed by atoms with Crippen molar-refractivity contribution in [3.05, 3.63) is 123 Å². The van der Waals surface area contributed by atoms with Crippen LogP contribution < -0.4 is 15.4 Å². The zero-order chi connectivity index (χ0) is 27.8. The Morgan fingerprint density at radius 2 is 1.74 bits per heavy atom. The van der Waals surface area contributed by atoms with Gasteiger partial charge in [0.2, 0.25) is 5.91 Å². The minimum atomic E-state index is -4.51. The quantitative estimate of drug-likeness (QED) is 0.0818. The topological polar surface area (TPSA) is 87.1 Å². The van der Waals surface area contributed by atoms with E-state index in [0.717, 1.165) is 11.6 Å². The second kappa shape index (κ2) is 12.6. The van der Waals surface area contributed by atoms with Gasteiger partial charge in [0.15, 0.2) is 0 Å². The number of aromatic nitrogens is 1. The van der Waals surface area contributed by atoms with Crippen LogP contribution in [0.2, 0.25) is 0 Å². The van der Waals surface area contributed by atoms with Gasteiger partial charge < -0.3 is 15.4 Å². The summed E-state index contributed by atoms with van der Waals surface area (Å²) in [6.07, 6.45) is -0.205. The molecule has 0 fully saturated rings. The molecule has 0 aliphatic carbocycles. The summed E-state index contributed by atoms with van der Waals surface area (Å²) in [5.74, 6) is 0.550. The van der Waals surface area contributed by atoms with Gasteiger partial charge in [-0.05, 0) is 76.2 Å². The van der Waals surface area contributed by atoms with E-state index in [2.05, 4.69) is 15.6 Å². The number of ether oxygens (including phenoxy) is 1. The number of nitrogens with zero attached hydrogens (tertiary/aromatic N) is 1. The molecule has 1 aromatic heterocycles. The molecule has 0 spiro atoms. The molecule has 4 rings (SSSR count). The van der Waals surface area contributed by atoms with Crippen molar-refractivity contribution in [1.29, 1.82) is 5.41 Å². The number of nitrogens with one attached hydrogen (secondary N) is 3. The van der Waals surface area contributed by atoms with Gasteiger partial charge in [-0.25, -0.2) is 0 Å². The smallest absolute Gasteiger partial charge is 0.417 e. The molecule has 0 aliphatic heterocycles. The first-order valence-electron chi connectivity index (χ1n) is 11.6. The summed E-state index contributed by atoms with van der Waals surface area (Å²) in [7, 11) is 0. The van der Waals surface area contributed by atoms with Crippen molar-refractivity contribution in [1.82, 2.24) is 10.3 Å². The second-order valence-electron chi connectivity index (χ2n) is 8.28. The van der Waals surface area contributed by atoms with Crippen LogP contribution in [0.4, 0.5) is 18.9 Å². The van der Waals surface area contributed by atoms with E-state index < -0.39 is 17.6 Å². The van der Waals surface area contributed by atoms with Gasteiger partial charge in [-0.3, -0.25) is 15.2 Å². The van der Waals surface area contributed by atoms with Crippen LogP contribution in [0.25, 0.3) is 6.08 Å². The van der Waals surface area contributed by atoms with E-state index in [1.165, 1.54) is 24.3 Å².